The van der Waals surface area contributed by atoms with Crippen LogP contribution in [0.15, 0.2) is 174 Å². The van der Waals surface area contributed by atoms with Crippen molar-refractivity contribution in [1.82, 2.24) is 19.5 Å². The summed E-state index contributed by atoms with van der Waals surface area (Å²) in [5.74, 6) is 1.77. The fourth-order valence-corrected chi connectivity index (χ4v) is 7.70. The lowest BCUT2D eigenvalue weighted by molar-refractivity contribution is 0.670. The zero-order valence-electron chi connectivity index (χ0n) is 27.9. The standard InChI is InChI=1S/C47H28N4O/c1-2-11-31-26-34(21-20-29(31)10-1)46-48-45(30-22-24-35(25-23-30)51-41-18-7-5-14-36(41)37-15-6-8-19-42(37)51)49-47(50-46)39-17-9-16-38-40-27-32-12-3-4-13-33(32)28-43(40)52-44(38)39/h1-28H. The first kappa shape index (κ1) is 28.7. The SMILES string of the molecule is c1ccc2cc(-c3nc(-c4ccc(-n5c6ccccc6c6ccccc65)cc4)nc(-c4cccc5c4oc4cc6ccccc6cc45)n3)ccc2c1. The Balaban J connectivity index is 1.10. The van der Waals surface area contributed by atoms with Crippen LogP contribution in [0.25, 0.3) is 105 Å². The summed E-state index contributed by atoms with van der Waals surface area (Å²) < 4.78 is 8.94. The fraction of sp³-hybridized carbons (Fsp3) is 0. The Hall–Kier alpha value is -7.11. The maximum absolute atomic E-state index is 6.62. The number of furan rings is 1. The van der Waals surface area contributed by atoms with E-state index in [1.165, 1.54) is 32.6 Å². The second-order valence-corrected chi connectivity index (χ2v) is 13.3. The van der Waals surface area contributed by atoms with Crippen molar-refractivity contribution in [2.24, 2.45) is 0 Å². The predicted octanol–water partition coefficient (Wildman–Crippen LogP) is 12.2. The normalized spacial score (nSPS) is 11.8. The molecule has 0 radical (unpaired) electrons. The van der Waals surface area contributed by atoms with Gasteiger partial charge in [0.1, 0.15) is 11.2 Å². The van der Waals surface area contributed by atoms with Crippen molar-refractivity contribution in [3.05, 3.63) is 170 Å². The van der Waals surface area contributed by atoms with Gasteiger partial charge in [-0.05, 0) is 82.2 Å². The summed E-state index contributed by atoms with van der Waals surface area (Å²) in [7, 11) is 0. The van der Waals surface area contributed by atoms with Gasteiger partial charge in [0.2, 0.25) is 0 Å². The Morgan fingerprint density at radius 1 is 0.385 bits per heavy atom. The number of hydrogen-bond acceptors (Lipinski definition) is 4. The average molecular weight is 665 g/mol. The molecular weight excluding hydrogens is 637 g/mol. The van der Waals surface area contributed by atoms with Gasteiger partial charge in [-0.25, -0.2) is 15.0 Å². The molecule has 0 atom stereocenters. The number of rotatable bonds is 4. The Morgan fingerprint density at radius 3 is 1.67 bits per heavy atom. The highest BCUT2D eigenvalue weighted by Crippen LogP contribution is 2.38. The molecule has 5 nitrogen and oxygen atoms in total. The summed E-state index contributed by atoms with van der Waals surface area (Å²) in [5.41, 5.74) is 7.66. The van der Waals surface area contributed by atoms with E-state index >= 15 is 0 Å². The van der Waals surface area contributed by atoms with E-state index in [9.17, 15) is 0 Å². The second kappa shape index (κ2) is 11.2. The van der Waals surface area contributed by atoms with E-state index in [2.05, 4.69) is 168 Å². The van der Waals surface area contributed by atoms with Crippen LogP contribution < -0.4 is 0 Å². The van der Waals surface area contributed by atoms with Gasteiger partial charge in [0.05, 0.1) is 16.6 Å². The van der Waals surface area contributed by atoms with Crippen LogP contribution in [0.3, 0.4) is 0 Å². The minimum Gasteiger partial charge on any atom is -0.455 e. The average Bonchev–Trinajstić information content (AvgIpc) is 3.75. The molecule has 0 saturated heterocycles. The van der Waals surface area contributed by atoms with Crippen LogP contribution in [0.2, 0.25) is 0 Å². The van der Waals surface area contributed by atoms with Crippen LogP contribution in [-0.4, -0.2) is 19.5 Å². The zero-order valence-corrected chi connectivity index (χ0v) is 27.9. The smallest absolute Gasteiger partial charge is 0.167 e. The first-order valence-corrected chi connectivity index (χ1v) is 17.4. The van der Waals surface area contributed by atoms with Crippen molar-refractivity contribution in [2.75, 3.05) is 0 Å². The van der Waals surface area contributed by atoms with E-state index in [0.29, 0.717) is 17.5 Å². The molecular formula is C47H28N4O. The maximum Gasteiger partial charge on any atom is 0.167 e. The number of fused-ring (bicyclic) bond motifs is 8. The van der Waals surface area contributed by atoms with Crippen molar-refractivity contribution in [1.29, 1.82) is 0 Å². The molecule has 3 heterocycles. The Morgan fingerprint density at radius 2 is 0.942 bits per heavy atom. The second-order valence-electron chi connectivity index (χ2n) is 13.3. The minimum absolute atomic E-state index is 0.564. The molecule has 0 bridgehead atoms. The quantitative estimate of drug-likeness (QED) is 0.188. The van der Waals surface area contributed by atoms with Crippen molar-refractivity contribution in [3.8, 4) is 39.9 Å². The molecule has 242 valence electrons. The summed E-state index contributed by atoms with van der Waals surface area (Å²) in [6.45, 7) is 0. The van der Waals surface area contributed by atoms with E-state index < -0.39 is 0 Å². The van der Waals surface area contributed by atoms with Crippen LogP contribution in [0.5, 0.6) is 0 Å². The van der Waals surface area contributed by atoms with Crippen LogP contribution in [-0.2, 0) is 0 Å². The third-order valence-electron chi connectivity index (χ3n) is 10.2. The van der Waals surface area contributed by atoms with Crippen molar-refractivity contribution >= 4 is 65.3 Å². The third-order valence-corrected chi connectivity index (χ3v) is 10.2. The van der Waals surface area contributed by atoms with Crippen molar-refractivity contribution < 1.29 is 4.42 Å². The molecule has 0 aliphatic heterocycles. The van der Waals surface area contributed by atoms with Crippen molar-refractivity contribution in [2.45, 2.75) is 0 Å². The van der Waals surface area contributed by atoms with Crippen LogP contribution in [0.4, 0.5) is 0 Å². The van der Waals surface area contributed by atoms with Gasteiger partial charge in [0.15, 0.2) is 17.5 Å². The fourth-order valence-electron chi connectivity index (χ4n) is 7.70. The molecule has 0 aliphatic rings. The number of nitrogens with zero attached hydrogens (tertiary/aromatic N) is 4. The van der Waals surface area contributed by atoms with Gasteiger partial charge in [-0.3, -0.25) is 0 Å². The Bertz CT molecular complexity index is 3140. The van der Waals surface area contributed by atoms with Gasteiger partial charge in [0, 0.05) is 38.4 Å². The topological polar surface area (TPSA) is 56.7 Å². The lowest BCUT2D eigenvalue weighted by atomic mass is 10.0. The highest BCUT2D eigenvalue weighted by molar-refractivity contribution is 6.13. The maximum atomic E-state index is 6.62. The van der Waals surface area contributed by atoms with Gasteiger partial charge >= 0.3 is 0 Å². The summed E-state index contributed by atoms with van der Waals surface area (Å²) in [6.07, 6.45) is 0. The van der Waals surface area contributed by atoms with Gasteiger partial charge in [0.25, 0.3) is 0 Å². The van der Waals surface area contributed by atoms with Gasteiger partial charge in [-0.1, -0.05) is 109 Å². The molecule has 0 aliphatic carbocycles. The lowest BCUT2D eigenvalue weighted by Gasteiger charge is -2.11. The number of aromatic nitrogens is 4. The van der Waals surface area contributed by atoms with Crippen LogP contribution in [0, 0.1) is 0 Å². The van der Waals surface area contributed by atoms with E-state index in [-0.39, 0.29) is 0 Å². The molecule has 5 heteroatoms. The summed E-state index contributed by atoms with van der Waals surface area (Å²) in [5, 5.41) is 9.18. The van der Waals surface area contributed by atoms with Crippen LogP contribution >= 0.6 is 0 Å². The molecule has 0 saturated carbocycles. The van der Waals surface area contributed by atoms with Gasteiger partial charge in [-0.15, -0.1) is 0 Å². The van der Waals surface area contributed by atoms with Gasteiger partial charge in [-0.2, -0.15) is 0 Å². The molecule has 11 rings (SSSR count). The van der Waals surface area contributed by atoms with Gasteiger partial charge < -0.3 is 8.98 Å². The molecule has 0 N–H and O–H groups in total. The highest BCUT2D eigenvalue weighted by atomic mass is 16.3. The lowest BCUT2D eigenvalue weighted by Crippen LogP contribution is -2.01. The summed E-state index contributed by atoms with van der Waals surface area (Å²) >= 11 is 0. The van der Waals surface area contributed by atoms with Crippen molar-refractivity contribution in [3.63, 3.8) is 0 Å². The monoisotopic (exact) mass is 664 g/mol. The highest BCUT2D eigenvalue weighted by Gasteiger charge is 2.19. The number of hydrogen-bond donors (Lipinski definition) is 0. The molecule has 52 heavy (non-hydrogen) atoms. The largest absolute Gasteiger partial charge is 0.455 e. The first-order chi connectivity index (χ1) is 25.7. The molecule has 8 aromatic carbocycles. The molecule has 0 spiro atoms. The Kier molecular flexibility index (Phi) is 6.18. The molecule has 0 fully saturated rings. The van der Waals surface area contributed by atoms with E-state index in [4.69, 9.17) is 19.4 Å². The summed E-state index contributed by atoms with van der Waals surface area (Å²) in [4.78, 5) is 15.4. The van der Waals surface area contributed by atoms with Crippen LogP contribution in [0.1, 0.15) is 0 Å². The predicted molar refractivity (Wildman–Crippen MR) is 213 cm³/mol. The molecule has 0 unspecified atom stereocenters. The molecule has 0 amide bonds. The first-order valence-electron chi connectivity index (χ1n) is 17.4. The van der Waals surface area contributed by atoms with E-state index in [1.54, 1.807) is 0 Å². The van der Waals surface area contributed by atoms with E-state index in [0.717, 1.165) is 55.1 Å². The number of para-hydroxylation sites is 3. The summed E-state index contributed by atoms with van der Waals surface area (Å²) in [6, 6.07) is 59.3. The third kappa shape index (κ3) is 4.46. The minimum atomic E-state index is 0.564. The zero-order chi connectivity index (χ0) is 34.2. The molecule has 11 aromatic rings. The molecule has 3 aromatic heterocycles. The number of benzene rings is 8. The van der Waals surface area contributed by atoms with E-state index in [1.807, 2.05) is 6.07 Å². The Labute approximate surface area is 298 Å².